The Morgan fingerprint density at radius 1 is 1.20 bits per heavy atom. The predicted octanol–water partition coefficient (Wildman–Crippen LogP) is 6.47. The molecule has 1 saturated carbocycles. The topological polar surface area (TPSA) is 44.1 Å². The minimum Gasteiger partial charge on any atom is -0.461 e. The molecule has 3 aromatic rings. The van der Waals surface area contributed by atoms with E-state index in [0.29, 0.717) is 17.8 Å². The number of benzene rings is 2. The molecule has 0 aliphatic heterocycles. The maximum atomic E-state index is 13.1. The smallest absolute Gasteiger partial charge is 0.326 e. The third kappa shape index (κ3) is 4.46. The van der Waals surface area contributed by atoms with Crippen LogP contribution in [0.3, 0.4) is 0 Å². The molecule has 0 spiro atoms. The van der Waals surface area contributed by atoms with Gasteiger partial charge in [-0.3, -0.25) is 4.79 Å². The first kappa shape index (κ1) is 21.1. The van der Waals surface area contributed by atoms with Crippen molar-refractivity contribution in [1.82, 2.24) is 9.55 Å². The molecule has 2 aromatic carbocycles. The van der Waals surface area contributed by atoms with E-state index in [1.165, 1.54) is 6.42 Å². The zero-order valence-corrected chi connectivity index (χ0v) is 19.4. The summed E-state index contributed by atoms with van der Waals surface area (Å²) >= 11 is 3.54. The minimum atomic E-state index is -0.181. The Labute approximate surface area is 186 Å². The van der Waals surface area contributed by atoms with Gasteiger partial charge in [-0.2, -0.15) is 0 Å². The highest BCUT2D eigenvalue weighted by Crippen LogP contribution is 2.35. The maximum absolute atomic E-state index is 13.1. The summed E-state index contributed by atoms with van der Waals surface area (Å²) in [7, 11) is 0. The summed E-state index contributed by atoms with van der Waals surface area (Å²) < 4.78 is 9.04. The van der Waals surface area contributed by atoms with Gasteiger partial charge in [0, 0.05) is 10.0 Å². The molecule has 0 radical (unpaired) electrons. The number of esters is 1. The van der Waals surface area contributed by atoms with E-state index in [-0.39, 0.29) is 18.6 Å². The molecule has 1 unspecified atom stereocenters. The van der Waals surface area contributed by atoms with Gasteiger partial charge in [-0.25, -0.2) is 4.98 Å². The van der Waals surface area contributed by atoms with Crippen LogP contribution in [-0.4, -0.2) is 21.6 Å². The summed E-state index contributed by atoms with van der Waals surface area (Å²) in [5, 5.41) is 0. The number of rotatable bonds is 5. The van der Waals surface area contributed by atoms with E-state index in [4.69, 9.17) is 9.72 Å². The van der Waals surface area contributed by atoms with Crippen molar-refractivity contribution in [3.05, 3.63) is 53.0 Å². The van der Waals surface area contributed by atoms with Gasteiger partial charge in [0.05, 0.1) is 11.0 Å². The molecule has 4 rings (SSSR count). The second-order valence-electron chi connectivity index (χ2n) is 8.88. The average molecular weight is 469 g/mol. The lowest BCUT2D eigenvalue weighted by Gasteiger charge is -2.36. The normalized spacial score (nSPS) is 21.8. The van der Waals surface area contributed by atoms with Crippen LogP contribution in [0.4, 0.5) is 0 Å². The highest BCUT2D eigenvalue weighted by molar-refractivity contribution is 9.10. The van der Waals surface area contributed by atoms with Crippen LogP contribution in [-0.2, 0) is 16.1 Å². The van der Waals surface area contributed by atoms with E-state index >= 15 is 0 Å². The highest BCUT2D eigenvalue weighted by Gasteiger charge is 2.33. The van der Waals surface area contributed by atoms with Crippen LogP contribution in [0, 0.1) is 17.8 Å². The van der Waals surface area contributed by atoms with Crippen molar-refractivity contribution in [2.45, 2.75) is 52.7 Å². The summed E-state index contributed by atoms with van der Waals surface area (Å²) in [6.45, 7) is 6.89. The number of aromatic nitrogens is 2. The maximum Gasteiger partial charge on any atom is 0.326 e. The first-order valence-corrected chi connectivity index (χ1v) is 11.6. The second kappa shape index (κ2) is 8.93. The van der Waals surface area contributed by atoms with Crippen LogP contribution in [0.1, 0.15) is 40.0 Å². The van der Waals surface area contributed by atoms with E-state index in [0.717, 1.165) is 39.7 Å². The van der Waals surface area contributed by atoms with Crippen molar-refractivity contribution in [3.8, 4) is 11.4 Å². The van der Waals surface area contributed by atoms with E-state index in [2.05, 4.69) is 36.7 Å². The van der Waals surface area contributed by atoms with Gasteiger partial charge in [-0.05, 0) is 54.9 Å². The van der Waals surface area contributed by atoms with Gasteiger partial charge >= 0.3 is 5.97 Å². The lowest BCUT2D eigenvalue weighted by atomic mass is 9.75. The fourth-order valence-electron chi connectivity index (χ4n) is 4.67. The molecule has 1 aromatic heterocycles. The number of hydrogen-bond donors (Lipinski definition) is 0. The Morgan fingerprint density at radius 3 is 2.77 bits per heavy atom. The van der Waals surface area contributed by atoms with E-state index in [1.807, 2.05) is 53.1 Å². The molecule has 158 valence electrons. The number of halogens is 1. The van der Waals surface area contributed by atoms with Gasteiger partial charge in [-0.1, -0.05) is 67.4 Å². The average Bonchev–Trinajstić information content (AvgIpc) is 3.06. The molecule has 0 N–H and O–H groups in total. The Balaban J connectivity index is 1.63. The summed E-state index contributed by atoms with van der Waals surface area (Å²) in [5.41, 5.74) is 2.80. The van der Waals surface area contributed by atoms with Crippen LogP contribution in [0.15, 0.2) is 53.0 Å². The first-order valence-electron chi connectivity index (χ1n) is 10.8. The van der Waals surface area contributed by atoms with Crippen LogP contribution in [0.5, 0.6) is 0 Å². The van der Waals surface area contributed by atoms with E-state index < -0.39 is 0 Å². The summed E-state index contributed by atoms with van der Waals surface area (Å²) in [6.07, 6.45) is 3.31. The Bertz CT molecular complexity index is 1040. The molecule has 0 bridgehead atoms. The van der Waals surface area contributed by atoms with Gasteiger partial charge in [0.2, 0.25) is 0 Å². The zero-order valence-electron chi connectivity index (χ0n) is 17.8. The van der Waals surface area contributed by atoms with Crippen molar-refractivity contribution in [3.63, 3.8) is 0 Å². The number of fused-ring (bicyclic) bond motifs is 1. The predicted molar refractivity (Wildman–Crippen MR) is 124 cm³/mol. The number of para-hydroxylation sites is 2. The Kier molecular flexibility index (Phi) is 6.28. The SMILES string of the molecule is CC(C)C1CC[C@@H](C)C[C@H]1OC(=O)Cn1c(-c2cccc(Br)c2)nc2ccccc21. The minimum absolute atomic E-state index is 0.00496. The molecule has 1 aliphatic rings. The van der Waals surface area contributed by atoms with Gasteiger partial charge in [-0.15, -0.1) is 0 Å². The highest BCUT2D eigenvalue weighted by atomic mass is 79.9. The van der Waals surface area contributed by atoms with Gasteiger partial charge in [0.15, 0.2) is 0 Å². The van der Waals surface area contributed by atoms with Gasteiger partial charge in [0.25, 0.3) is 0 Å². The number of ether oxygens (including phenoxy) is 1. The van der Waals surface area contributed by atoms with Crippen LogP contribution >= 0.6 is 15.9 Å². The van der Waals surface area contributed by atoms with Crippen molar-refractivity contribution >= 4 is 32.9 Å². The quantitative estimate of drug-likeness (QED) is 0.403. The van der Waals surface area contributed by atoms with Crippen molar-refractivity contribution < 1.29 is 9.53 Å². The van der Waals surface area contributed by atoms with E-state index in [9.17, 15) is 4.79 Å². The van der Waals surface area contributed by atoms with Crippen molar-refractivity contribution in [2.75, 3.05) is 0 Å². The molecular formula is C25H29BrN2O2. The molecule has 1 aliphatic carbocycles. The summed E-state index contributed by atoms with van der Waals surface area (Å²) in [5.74, 6) is 2.16. The molecule has 1 heterocycles. The lowest BCUT2D eigenvalue weighted by Crippen LogP contribution is -2.36. The third-order valence-corrected chi connectivity index (χ3v) is 6.76. The number of carbonyl (C=O) groups excluding carboxylic acids is 1. The number of hydrogen-bond acceptors (Lipinski definition) is 3. The Morgan fingerprint density at radius 2 is 2.00 bits per heavy atom. The lowest BCUT2D eigenvalue weighted by molar-refractivity contribution is -0.156. The van der Waals surface area contributed by atoms with Crippen molar-refractivity contribution in [2.24, 2.45) is 17.8 Å². The second-order valence-corrected chi connectivity index (χ2v) is 9.79. The first-order chi connectivity index (χ1) is 14.4. The third-order valence-electron chi connectivity index (χ3n) is 6.27. The molecule has 0 amide bonds. The fourth-order valence-corrected chi connectivity index (χ4v) is 5.07. The monoisotopic (exact) mass is 468 g/mol. The molecular weight excluding hydrogens is 440 g/mol. The molecule has 4 nitrogen and oxygen atoms in total. The number of carbonyl (C=O) groups is 1. The van der Waals surface area contributed by atoms with Crippen LogP contribution in [0.25, 0.3) is 22.4 Å². The largest absolute Gasteiger partial charge is 0.461 e. The Hall–Kier alpha value is -2.14. The summed E-state index contributed by atoms with van der Waals surface area (Å²) in [4.78, 5) is 17.9. The van der Waals surface area contributed by atoms with Gasteiger partial charge in [0.1, 0.15) is 18.5 Å². The zero-order chi connectivity index (χ0) is 21.3. The van der Waals surface area contributed by atoms with Crippen molar-refractivity contribution in [1.29, 1.82) is 0 Å². The standard InChI is InChI=1S/C25H29BrN2O2/c1-16(2)20-12-11-17(3)13-23(20)30-24(29)15-28-22-10-5-4-9-21(22)27-25(28)18-7-6-8-19(26)14-18/h4-10,14,16-17,20,23H,11-13,15H2,1-3H3/t17-,20?,23-/m1/s1. The van der Waals surface area contributed by atoms with Crippen LogP contribution in [0.2, 0.25) is 0 Å². The number of nitrogens with zero attached hydrogens (tertiary/aromatic N) is 2. The summed E-state index contributed by atoms with van der Waals surface area (Å²) in [6, 6.07) is 16.0. The van der Waals surface area contributed by atoms with E-state index in [1.54, 1.807) is 0 Å². The van der Waals surface area contributed by atoms with Crippen LogP contribution < -0.4 is 0 Å². The fraction of sp³-hybridized carbons (Fsp3) is 0.440. The molecule has 5 heteroatoms. The van der Waals surface area contributed by atoms with Gasteiger partial charge < -0.3 is 9.30 Å². The molecule has 0 saturated heterocycles. The molecule has 1 fully saturated rings. The molecule has 30 heavy (non-hydrogen) atoms. The molecule has 3 atom stereocenters. The number of imidazole rings is 1.